The SMILES string of the molecule is CC1CCN(C(=O)COc2ccc(F)cc2)C(CN)C1.Cl. The summed E-state index contributed by atoms with van der Waals surface area (Å²) in [6.07, 6.45) is 1.94. The van der Waals surface area contributed by atoms with Crippen LogP contribution in [-0.4, -0.2) is 36.5 Å². The molecular weight excluding hydrogens is 295 g/mol. The van der Waals surface area contributed by atoms with Gasteiger partial charge >= 0.3 is 0 Å². The van der Waals surface area contributed by atoms with E-state index in [1.807, 2.05) is 4.90 Å². The third-order valence-electron chi connectivity index (χ3n) is 3.75. The molecule has 1 heterocycles. The van der Waals surface area contributed by atoms with Gasteiger partial charge in [-0.05, 0) is 43.0 Å². The van der Waals surface area contributed by atoms with Gasteiger partial charge in [0, 0.05) is 19.1 Å². The monoisotopic (exact) mass is 316 g/mol. The first-order valence-electron chi connectivity index (χ1n) is 6.98. The summed E-state index contributed by atoms with van der Waals surface area (Å²) in [6.45, 7) is 3.36. The minimum absolute atomic E-state index is 0. The number of nitrogens with two attached hydrogens (primary N) is 1. The van der Waals surface area contributed by atoms with Crippen molar-refractivity contribution in [3.05, 3.63) is 30.1 Å². The first kappa shape index (κ1) is 17.7. The summed E-state index contributed by atoms with van der Waals surface area (Å²) in [5.41, 5.74) is 5.74. The molecule has 0 aromatic heterocycles. The average molecular weight is 317 g/mol. The standard InChI is InChI=1S/C15H21FN2O2.ClH/c1-11-6-7-18(13(8-11)9-17)15(19)10-20-14-4-2-12(16)3-5-14;/h2-5,11,13H,6-10,17H2,1H3;1H. The Kier molecular flexibility index (Phi) is 6.92. The van der Waals surface area contributed by atoms with Gasteiger partial charge in [-0.25, -0.2) is 4.39 Å². The van der Waals surface area contributed by atoms with Gasteiger partial charge in [0.15, 0.2) is 6.61 Å². The Bertz CT molecular complexity index is 455. The highest BCUT2D eigenvalue weighted by atomic mass is 35.5. The number of hydrogen-bond acceptors (Lipinski definition) is 3. The summed E-state index contributed by atoms with van der Waals surface area (Å²) in [5.74, 6) is 0.716. The van der Waals surface area contributed by atoms with E-state index in [9.17, 15) is 9.18 Å². The molecule has 1 saturated heterocycles. The molecule has 1 aromatic rings. The molecule has 0 spiro atoms. The maximum Gasteiger partial charge on any atom is 0.260 e. The van der Waals surface area contributed by atoms with E-state index in [0.29, 0.717) is 18.2 Å². The number of amides is 1. The summed E-state index contributed by atoms with van der Waals surface area (Å²) in [7, 11) is 0. The van der Waals surface area contributed by atoms with Gasteiger partial charge in [0.25, 0.3) is 5.91 Å². The van der Waals surface area contributed by atoms with Crippen molar-refractivity contribution >= 4 is 18.3 Å². The minimum Gasteiger partial charge on any atom is -0.484 e. The van der Waals surface area contributed by atoms with Crippen molar-refractivity contribution in [3.8, 4) is 5.75 Å². The van der Waals surface area contributed by atoms with E-state index in [0.717, 1.165) is 19.4 Å². The summed E-state index contributed by atoms with van der Waals surface area (Å²) < 4.78 is 18.2. The van der Waals surface area contributed by atoms with Crippen LogP contribution in [-0.2, 0) is 4.79 Å². The second-order valence-corrected chi connectivity index (χ2v) is 5.35. The van der Waals surface area contributed by atoms with Crippen molar-refractivity contribution in [2.75, 3.05) is 19.7 Å². The van der Waals surface area contributed by atoms with Gasteiger partial charge in [0.2, 0.25) is 0 Å². The zero-order chi connectivity index (χ0) is 14.5. The molecule has 21 heavy (non-hydrogen) atoms. The Balaban J connectivity index is 0.00000220. The molecule has 4 nitrogen and oxygen atoms in total. The zero-order valence-corrected chi connectivity index (χ0v) is 12.9. The smallest absolute Gasteiger partial charge is 0.260 e. The molecule has 2 N–H and O–H groups in total. The number of hydrogen-bond donors (Lipinski definition) is 1. The lowest BCUT2D eigenvalue weighted by Gasteiger charge is -2.37. The fraction of sp³-hybridized carbons (Fsp3) is 0.533. The number of halogens is 2. The Morgan fingerprint density at radius 1 is 1.43 bits per heavy atom. The Morgan fingerprint density at radius 3 is 2.71 bits per heavy atom. The summed E-state index contributed by atoms with van der Waals surface area (Å²) in [4.78, 5) is 14.0. The van der Waals surface area contributed by atoms with E-state index >= 15 is 0 Å². The maximum atomic E-state index is 12.8. The first-order chi connectivity index (χ1) is 9.60. The molecule has 0 aliphatic carbocycles. The van der Waals surface area contributed by atoms with Gasteiger partial charge in [0.1, 0.15) is 11.6 Å². The Morgan fingerprint density at radius 2 is 2.10 bits per heavy atom. The largest absolute Gasteiger partial charge is 0.484 e. The molecule has 0 bridgehead atoms. The summed E-state index contributed by atoms with van der Waals surface area (Å²) in [6, 6.07) is 5.75. The molecule has 2 atom stereocenters. The van der Waals surface area contributed by atoms with Gasteiger partial charge in [-0.2, -0.15) is 0 Å². The molecule has 1 amide bonds. The molecular formula is C15H22ClFN2O2. The first-order valence-corrected chi connectivity index (χ1v) is 6.98. The number of piperidine rings is 1. The van der Waals surface area contributed by atoms with Crippen LogP contribution in [0.5, 0.6) is 5.75 Å². The number of likely N-dealkylation sites (tertiary alicyclic amines) is 1. The van der Waals surface area contributed by atoms with Crippen molar-refractivity contribution in [2.45, 2.75) is 25.8 Å². The number of carbonyl (C=O) groups excluding carboxylic acids is 1. The lowest BCUT2D eigenvalue weighted by atomic mass is 9.92. The van der Waals surface area contributed by atoms with E-state index in [1.54, 1.807) is 0 Å². The van der Waals surface area contributed by atoms with Crippen LogP contribution in [0.25, 0.3) is 0 Å². The van der Waals surface area contributed by atoms with Gasteiger partial charge in [-0.1, -0.05) is 6.92 Å². The zero-order valence-electron chi connectivity index (χ0n) is 12.1. The van der Waals surface area contributed by atoms with E-state index in [2.05, 4.69) is 6.92 Å². The molecule has 1 fully saturated rings. The predicted octanol–water partition coefficient (Wildman–Crippen LogP) is 2.21. The Hall–Kier alpha value is -1.33. The van der Waals surface area contributed by atoms with Crippen LogP contribution in [0.2, 0.25) is 0 Å². The number of ether oxygens (including phenoxy) is 1. The molecule has 1 aliphatic rings. The highest BCUT2D eigenvalue weighted by molar-refractivity contribution is 5.85. The highest BCUT2D eigenvalue weighted by Gasteiger charge is 2.28. The third-order valence-corrected chi connectivity index (χ3v) is 3.75. The average Bonchev–Trinajstić information content (AvgIpc) is 2.46. The number of rotatable bonds is 4. The van der Waals surface area contributed by atoms with Gasteiger partial charge in [-0.3, -0.25) is 4.79 Å². The van der Waals surface area contributed by atoms with Crippen LogP contribution >= 0.6 is 12.4 Å². The minimum atomic E-state index is -0.322. The number of nitrogens with zero attached hydrogens (tertiary/aromatic N) is 1. The number of benzene rings is 1. The third kappa shape index (κ3) is 4.86. The molecule has 118 valence electrons. The quantitative estimate of drug-likeness (QED) is 0.926. The molecule has 0 radical (unpaired) electrons. The van der Waals surface area contributed by atoms with E-state index in [-0.39, 0.29) is 36.8 Å². The van der Waals surface area contributed by atoms with Gasteiger partial charge in [-0.15, -0.1) is 12.4 Å². The highest BCUT2D eigenvalue weighted by Crippen LogP contribution is 2.22. The van der Waals surface area contributed by atoms with E-state index in [4.69, 9.17) is 10.5 Å². The topological polar surface area (TPSA) is 55.6 Å². The molecule has 0 saturated carbocycles. The fourth-order valence-corrected chi connectivity index (χ4v) is 2.56. The van der Waals surface area contributed by atoms with Crippen molar-refractivity contribution in [3.63, 3.8) is 0 Å². The van der Waals surface area contributed by atoms with Crippen molar-refractivity contribution in [1.29, 1.82) is 0 Å². The number of carbonyl (C=O) groups is 1. The second kappa shape index (κ2) is 8.20. The lowest BCUT2D eigenvalue weighted by molar-refractivity contribution is -0.137. The van der Waals surface area contributed by atoms with Gasteiger partial charge in [0.05, 0.1) is 0 Å². The van der Waals surface area contributed by atoms with E-state index < -0.39 is 0 Å². The summed E-state index contributed by atoms with van der Waals surface area (Å²) >= 11 is 0. The van der Waals surface area contributed by atoms with Crippen molar-refractivity contribution < 1.29 is 13.9 Å². The molecule has 1 aromatic carbocycles. The maximum absolute atomic E-state index is 12.8. The second-order valence-electron chi connectivity index (χ2n) is 5.35. The van der Waals surface area contributed by atoms with Gasteiger partial charge < -0.3 is 15.4 Å². The summed E-state index contributed by atoms with van der Waals surface area (Å²) in [5, 5.41) is 0. The molecule has 2 unspecified atom stereocenters. The Labute approximate surface area is 130 Å². The van der Waals surface area contributed by atoms with Crippen molar-refractivity contribution in [1.82, 2.24) is 4.90 Å². The molecule has 6 heteroatoms. The molecule has 2 rings (SSSR count). The van der Waals surface area contributed by atoms with Crippen LogP contribution in [0.4, 0.5) is 4.39 Å². The normalized spacial score (nSPS) is 21.6. The molecule has 1 aliphatic heterocycles. The fourth-order valence-electron chi connectivity index (χ4n) is 2.56. The van der Waals surface area contributed by atoms with Crippen LogP contribution in [0, 0.1) is 11.7 Å². The van der Waals surface area contributed by atoms with Crippen LogP contribution < -0.4 is 10.5 Å². The predicted molar refractivity (Wildman–Crippen MR) is 82.1 cm³/mol. The lowest BCUT2D eigenvalue weighted by Crippen LogP contribution is -2.50. The van der Waals surface area contributed by atoms with Crippen LogP contribution in [0.3, 0.4) is 0 Å². The van der Waals surface area contributed by atoms with Crippen LogP contribution in [0.15, 0.2) is 24.3 Å². The van der Waals surface area contributed by atoms with E-state index in [1.165, 1.54) is 24.3 Å². The van der Waals surface area contributed by atoms with Crippen LogP contribution in [0.1, 0.15) is 19.8 Å². The van der Waals surface area contributed by atoms with Crippen molar-refractivity contribution in [2.24, 2.45) is 11.7 Å².